The molecule has 0 saturated carbocycles. The molecule has 0 aliphatic heterocycles. The number of rotatable bonds is 0. The zero-order valence-electron chi connectivity index (χ0n) is 3.47. The molecule has 0 unspecified atom stereocenters. The summed E-state index contributed by atoms with van der Waals surface area (Å²) < 4.78 is 0. The summed E-state index contributed by atoms with van der Waals surface area (Å²) in [7, 11) is -0.167. The fraction of sp³-hybridized carbons (Fsp3) is 0. The maximum atomic E-state index is 3.17. The van der Waals surface area contributed by atoms with Crippen LogP contribution >= 0.6 is 42.5 Å². The third-order valence-corrected chi connectivity index (χ3v) is 0. The van der Waals surface area contributed by atoms with Crippen LogP contribution in [0, 0.1) is 0 Å². The average Bonchev–Trinajstić information content (AvgIpc) is 0.811. The van der Waals surface area contributed by atoms with E-state index in [-0.39, 0.29) is 30.2 Å². The second-order valence-electron chi connectivity index (χ2n) is 0.143. The van der Waals surface area contributed by atoms with Gasteiger partial charge in [0.05, 0.1) is 0 Å². The van der Waals surface area contributed by atoms with Crippen molar-refractivity contribution in [3.63, 3.8) is 0 Å². The van der Waals surface area contributed by atoms with Crippen LogP contribution in [-0.4, -0.2) is 21.9 Å². The Morgan fingerprint density at radius 1 is 0.625 bits per heavy atom. The van der Waals surface area contributed by atoms with Crippen LogP contribution in [0.4, 0.5) is 0 Å². The summed E-state index contributed by atoms with van der Waals surface area (Å²) in [5, 5.41) is 0. The molecule has 62 valence electrons. The molecule has 8 heteroatoms. The molecule has 0 rings (SSSR count). The molecule has 0 atom stereocenters. The monoisotopic (exact) mass is 368 g/mol. The Morgan fingerprint density at radius 2 is 0.625 bits per heavy atom. The predicted molar refractivity (Wildman–Crippen MR) is 41.2 cm³/mol. The van der Waals surface area contributed by atoms with Crippen LogP contribution in [0.2, 0.25) is 0 Å². The molecule has 0 aromatic heterocycles. The van der Waals surface area contributed by atoms with Gasteiger partial charge in [0.2, 0.25) is 0 Å². The Labute approximate surface area is 72.2 Å². The zero-order chi connectivity index (χ0) is 3.58. The number of hydrogen-bond donors (Lipinski definition) is 0. The van der Waals surface area contributed by atoms with Gasteiger partial charge in [-0.3, -0.25) is 0 Å². The first-order valence-electron chi connectivity index (χ1n) is 0.378. The molecular weight excluding hydrogens is 363 g/mol. The molecule has 0 aromatic carbocycles. The second-order valence-corrected chi connectivity index (χ2v) is 15.9. The van der Waals surface area contributed by atoms with Crippen molar-refractivity contribution in [3.8, 4) is 0 Å². The summed E-state index contributed by atoms with van der Waals surface area (Å²) in [6.45, 7) is 0. The second kappa shape index (κ2) is 23.3. The minimum absolute atomic E-state index is 0. The van der Waals surface area contributed by atoms with Crippen molar-refractivity contribution in [2.45, 2.75) is 0 Å². The van der Waals surface area contributed by atoms with Crippen molar-refractivity contribution >= 4 is 42.5 Å². The molecule has 0 aliphatic rings. The molecule has 0 amide bonds. The third-order valence-electron chi connectivity index (χ3n) is 0. The van der Waals surface area contributed by atoms with Gasteiger partial charge in [0.1, 0.15) is 0 Å². The summed E-state index contributed by atoms with van der Waals surface area (Å²) >= 11 is 9.50. The van der Waals surface area contributed by atoms with Crippen LogP contribution in [0.5, 0.6) is 0 Å². The topological polar surface area (TPSA) is 126 Å². The van der Waals surface area contributed by atoms with Gasteiger partial charge in [-0.25, -0.2) is 0 Å². The van der Waals surface area contributed by atoms with E-state index in [0.29, 0.717) is 0 Å². The van der Waals surface area contributed by atoms with Crippen molar-refractivity contribution in [1.82, 2.24) is 0 Å². The van der Waals surface area contributed by atoms with Gasteiger partial charge >= 0.3 is 50.8 Å². The molecule has 0 aromatic rings. The summed E-state index contributed by atoms with van der Waals surface area (Å²) in [4.78, 5) is 0. The molecule has 0 saturated heterocycles. The Balaban J connectivity index is -0.00000000750. The van der Waals surface area contributed by atoms with Crippen molar-refractivity contribution in [3.05, 3.63) is 0 Å². The number of hydrogen-bond acceptors (Lipinski definition) is 0. The average molecular weight is 371 g/mol. The third kappa shape index (κ3) is 112. The molecule has 4 nitrogen and oxygen atoms in total. The fourth-order valence-electron chi connectivity index (χ4n) is 0. The van der Waals surface area contributed by atoms with Gasteiger partial charge in [0, 0.05) is 0 Å². The van der Waals surface area contributed by atoms with E-state index in [1.54, 1.807) is 0 Å². The fourth-order valence-corrected chi connectivity index (χ4v) is 0. The summed E-state index contributed by atoms with van der Waals surface area (Å²) in [5.41, 5.74) is 0. The standard InChI is InChI=1S/3BrH.Co.4H2O/h3*1H;;4*1H2/q;;;+3;;;;/p-3. The molecule has 8 N–H and O–H groups in total. The van der Waals surface area contributed by atoms with Gasteiger partial charge in [-0.15, -0.1) is 0 Å². The number of halogens is 3. The maximum absolute atomic E-state index is 3.17. The molecule has 0 spiro atoms. The minimum atomic E-state index is -0.167. The Bertz CT molecular complexity index is 16.0. The van der Waals surface area contributed by atoms with E-state index in [0.717, 1.165) is 0 Å². The van der Waals surface area contributed by atoms with E-state index in [4.69, 9.17) is 0 Å². The van der Waals surface area contributed by atoms with E-state index < -0.39 is 0 Å². The van der Waals surface area contributed by atoms with E-state index in [1.165, 1.54) is 0 Å². The van der Waals surface area contributed by atoms with Crippen LogP contribution in [-0.2, 0) is 8.29 Å². The van der Waals surface area contributed by atoms with Crippen molar-refractivity contribution in [2.75, 3.05) is 0 Å². The van der Waals surface area contributed by atoms with Crippen molar-refractivity contribution in [2.24, 2.45) is 0 Å². The van der Waals surface area contributed by atoms with E-state index in [9.17, 15) is 0 Å². The van der Waals surface area contributed by atoms with Gasteiger partial charge in [-0.2, -0.15) is 0 Å². The molecular formula is H8Br3CoO4. The van der Waals surface area contributed by atoms with E-state index in [1.807, 2.05) is 0 Å². The summed E-state index contributed by atoms with van der Waals surface area (Å²) in [6, 6.07) is 0. The van der Waals surface area contributed by atoms with Crippen molar-refractivity contribution in [1.29, 1.82) is 0 Å². The summed E-state index contributed by atoms with van der Waals surface area (Å²) in [5.74, 6) is 0. The zero-order valence-corrected chi connectivity index (χ0v) is 9.27. The van der Waals surface area contributed by atoms with E-state index in [2.05, 4.69) is 42.5 Å². The van der Waals surface area contributed by atoms with Gasteiger partial charge in [0.25, 0.3) is 0 Å². The molecule has 8 heavy (non-hydrogen) atoms. The first-order chi connectivity index (χ1) is 1.73. The quantitative estimate of drug-likeness (QED) is 0.531. The molecule has 0 fully saturated rings. The predicted octanol–water partition coefficient (Wildman–Crippen LogP) is -0.765. The molecule has 0 aliphatic carbocycles. The first-order valence-corrected chi connectivity index (χ1v) is 8.10. The summed E-state index contributed by atoms with van der Waals surface area (Å²) in [6.07, 6.45) is 0. The van der Waals surface area contributed by atoms with Crippen LogP contribution in [0.15, 0.2) is 0 Å². The first kappa shape index (κ1) is 33.0. The van der Waals surface area contributed by atoms with Gasteiger partial charge in [-0.05, 0) is 0 Å². The van der Waals surface area contributed by atoms with Crippen LogP contribution in [0.3, 0.4) is 0 Å². The Kier molecular flexibility index (Phi) is 95.9. The Hall–Kier alpha value is 1.79. The van der Waals surface area contributed by atoms with Crippen molar-refractivity contribution < 1.29 is 30.2 Å². The van der Waals surface area contributed by atoms with Crippen LogP contribution in [0.1, 0.15) is 0 Å². The van der Waals surface area contributed by atoms with E-state index >= 15 is 0 Å². The van der Waals surface area contributed by atoms with Gasteiger partial charge in [-0.1, -0.05) is 0 Å². The van der Waals surface area contributed by atoms with Gasteiger partial charge < -0.3 is 21.9 Å². The van der Waals surface area contributed by atoms with Crippen LogP contribution in [0.25, 0.3) is 0 Å². The van der Waals surface area contributed by atoms with Gasteiger partial charge in [0.15, 0.2) is 0 Å². The normalized spacial score (nSPS) is 5.62. The molecule has 0 heterocycles. The molecule has 0 bridgehead atoms. The van der Waals surface area contributed by atoms with Crippen LogP contribution < -0.4 is 0 Å². The molecule has 0 radical (unpaired) electrons. The Morgan fingerprint density at radius 3 is 0.625 bits per heavy atom. The SMILES string of the molecule is O.O.O.O.[Br][Co]([Br])[Br].